The van der Waals surface area contributed by atoms with Crippen LogP contribution in [0.15, 0.2) is 36.4 Å². The Morgan fingerprint density at radius 2 is 1.64 bits per heavy atom. The van der Waals surface area contributed by atoms with Crippen molar-refractivity contribution < 1.29 is 14.1 Å². The number of halogens is 3. The van der Waals surface area contributed by atoms with Crippen molar-refractivity contribution in [3.63, 3.8) is 0 Å². The van der Waals surface area contributed by atoms with Crippen molar-refractivity contribution in [2.75, 3.05) is 16.9 Å². The van der Waals surface area contributed by atoms with E-state index < -0.39 is 28.5 Å². The maximum absolute atomic E-state index is 13.5. The lowest BCUT2D eigenvalue weighted by atomic mass is 9.99. The predicted molar refractivity (Wildman–Crippen MR) is 116 cm³/mol. The second-order valence-corrected chi connectivity index (χ2v) is 9.37. The fourth-order valence-electron chi connectivity index (χ4n) is 2.97. The predicted octanol–water partition coefficient (Wildman–Crippen LogP) is 4.55. The van der Waals surface area contributed by atoms with E-state index in [1.165, 1.54) is 29.4 Å². The third-order valence-electron chi connectivity index (χ3n) is 4.04. The fourth-order valence-corrected chi connectivity index (χ4v) is 4.70. The van der Waals surface area contributed by atoms with E-state index in [0.717, 1.165) is 0 Å². The minimum Gasteiger partial charge on any atom is -0.616 e. The van der Waals surface area contributed by atoms with Crippen molar-refractivity contribution in [1.29, 1.82) is 0 Å². The zero-order chi connectivity index (χ0) is 21.2. The molecule has 0 saturated carbocycles. The second-order valence-electron chi connectivity index (χ2n) is 6.77. The molecule has 9 heteroatoms. The summed E-state index contributed by atoms with van der Waals surface area (Å²) in [5.74, 6) is -1.10. The summed E-state index contributed by atoms with van der Waals surface area (Å²) in [5, 5.41) is 0.404. The van der Waals surface area contributed by atoms with Crippen LogP contribution in [0.2, 0.25) is 15.1 Å². The molecule has 28 heavy (non-hydrogen) atoms. The van der Waals surface area contributed by atoms with Crippen LogP contribution in [0.1, 0.15) is 34.6 Å². The highest BCUT2D eigenvalue weighted by atomic mass is 35.5. The summed E-state index contributed by atoms with van der Waals surface area (Å²) in [5.41, 5.74) is 4.97. The minimum absolute atomic E-state index is 0.0714. The van der Waals surface area contributed by atoms with E-state index in [1.54, 1.807) is 32.0 Å². The molecule has 0 aliphatic carbocycles. The molecule has 2 amide bonds. The van der Waals surface area contributed by atoms with Crippen LogP contribution >= 0.6 is 34.8 Å². The number of hydrogen-bond acceptors (Lipinski definition) is 3. The van der Waals surface area contributed by atoms with Crippen LogP contribution in [0.4, 0.5) is 5.69 Å². The average Bonchev–Trinajstić information content (AvgIpc) is 2.60. The number of benzene rings is 2. The van der Waals surface area contributed by atoms with Gasteiger partial charge in [-0.1, -0.05) is 58.1 Å². The fraction of sp³-hybridized carbons (Fsp3) is 0.263. The Bertz CT molecular complexity index is 919. The van der Waals surface area contributed by atoms with Crippen molar-refractivity contribution in [1.82, 2.24) is 0 Å². The van der Waals surface area contributed by atoms with E-state index in [9.17, 15) is 14.1 Å². The van der Waals surface area contributed by atoms with Gasteiger partial charge < -0.3 is 10.3 Å². The van der Waals surface area contributed by atoms with E-state index in [0.29, 0.717) is 0 Å². The lowest BCUT2D eigenvalue weighted by molar-refractivity contribution is 0.0946. The van der Waals surface area contributed by atoms with Crippen molar-refractivity contribution in [2.45, 2.75) is 19.4 Å². The molecule has 1 unspecified atom stereocenters. The molecular weight excluding hydrogens is 443 g/mol. The first-order chi connectivity index (χ1) is 13.0. The van der Waals surface area contributed by atoms with Crippen molar-refractivity contribution in [3.8, 4) is 0 Å². The maximum Gasteiger partial charge on any atom is 0.259 e. The summed E-state index contributed by atoms with van der Waals surface area (Å²) >= 11 is 17.4. The maximum atomic E-state index is 13.5. The Morgan fingerprint density at radius 3 is 2.18 bits per heavy atom. The van der Waals surface area contributed by atoms with Gasteiger partial charge in [-0.2, -0.15) is 0 Å². The van der Waals surface area contributed by atoms with Gasteiger partial charge in [-0.05, 0) is 38.1 Å². The smallest absolute Gasteiger partial charge is 0.259 e. The van der Waals surface area contributed by atoms with Gasteiger partial charge in [0.15, 0.2) is 0 Å². The van der Waals surface area contributed by atoms with Crippen LogP contribution in [0.5, 0.6) is 0 Å². The molecular formula is C19H19Cl3N2O3S. The van der Waals surface area contributed by atoms with Crippen LogP contribution in [0, 0.1) is 0 Å². The quantitative estimate of drug-likeness (QED) is 0.506. The summed E-state index contributed by atoms with van der Waals surface area (Å²) in [4.78, 5) is 26.7. The molecule has 0 aromatic heterocycles. The van der Waals surface area contributed by atoms with Gasteiger partial charge in [0.05, 0.1) is 43.7 Å². The highest BCUT2D eigenvalue weighted by molar-refractivity contribution is 7.90. The standard InChI is InChI=1S/C19H19Cl3N2O3S/c1-19(2,10-28(3)27)24(14-9-8-13(20)15(21)16(14)22)18(26)12-7-5-4-6-11(12)17(23)25/h4-9H,10H2,1-3H3,(H2,23,25). The van der Waals surface area contributed by atoms with E-state index in [2.05, 4.69) is 0 Å². The first kappa shape index (κ1) is 22.8. The number of carbonyl (C=O) groups is 2. The summed E-state index contributed by atoms with van der Waals surface area (Å²) < 4.78 is 12.0. The van der Waals surface area contributed by atoms with Gasteiger partial charge in [-0.15, -0.1) is 0 Å². The van der Waals surface area contributed by atoms with E-state index >= 15 is 0 Å². The molecule has 0 spiro atoms. The number of primary amides is 1. The highest BCUT2D eigenvalue weighted by Gasteiger charge is 2.38. The monoisotopic (exact) mass is 460 g/mol. The molecule has 5 nitrogen and oxygen atoms in total. The average molecular weight is 462 g/mol. The number of amides is 2. The Hall–Kier alpha value is -1.44. The Labute approximate surface area is 181 Å². The lowest BCUT2D eigenvalue weighted by Crippen LogP contribution is -2.52. The molecule has 2 rings (SSSR count). The minimum atomic E-state index is -1.22. The summed E-state index contributed by atoms with van der Waals surface area (Å²) in [6.07, 6.45) is 1.54. The normalized spacial score (nSPS) is 12.5. The molecule has 0 fully saturated rings. The van der Waals surface area contributed by atoms with Crippen LogP contribution in [-0.4, -0.2) is 33.9 Å². The molecule has 2 aromatic carbocycles. The van der Waals surface area contributed by atoms with Crippen LogP contribution in [-0.2, 0) is 11.2 Å². The number of nitrogens with zero attached hydrogens (tertiary/aromatic N) is 1. The van der Waals surface area contributed by atoms with Gasteiger partial charge in [0.2, 0.25) is 5.91 Å². The van der Waals surface area contributed by atoms with Gasteiger partial charge in [0.25, 0.3) is 5.91 Å². The molecule has 0 radical (unpaired) electrons. The number of carbonyl (C=O) groups excluding carboxylic acids is 2. The summed E-state index contributed by atoms with van der Waals surface area (Å²) in [7, 11) is 0. The van der Waals surface area contributed by atoms with Crippen LogP contribution in [0.25, 0.3) is 0 Å². The zero-order valence-electron chi connectivity index (χ0n) is 15.5. The molecule has 0 heterocycles. The molecule has 2 aromatic rings. The third-order valence-corrected chi connectivity index (χ3v) is 6.44. The molecule has 0 bridgehead atoms. The molecule has 1 atom stereocenters. The van der Waals surface area contributed by atoms with Gasteiger partial charge >= 0.3 is 0 Å². The summed E-state index contributed by atoms with van der Waals surface area (Å²) in [6, 6.07) is 9.28. The highest BCUT2D eigenvalue weighted by Crippen LogP contribution is 2.41. The van der Waals surface area contributed by atoms with Gasteiger partial charge in [0, 0.05) is 0 Å². The second kappa shape index (κ2) is 8.93. The van der Waals surface area contributed by atoms with Crippen molar-refractivity contribution >= 4 is 63.5 Å². The molecule has 0 aliphatic rings. The number of rotatable bonds is 6. The number of anilines is 1. The SMILES string of the molecule is C[S+]([O-])CC(C)(C)N(C(=O)c1ccccc1C(N)=O)c1ccc(Cl)c(Cl)c1Cl. The molecule has 2 N–H and O–H groups in total. The third kappa shape index (κ3) is 4.75. The molecule has 0 saturated heterocycles. The van der Waals surface area contributed by atoms with Crippen molar-refractivity contribution in [2.24, 2.45) is 5.73 Å². The first-order valence-electron chi connectivity index (χ1n) is 8.14. The largest absolute Gasteiger partial charge is 0.616 e. The van der Waals surface area contributed by atoms with Crippen LogP contribution in [0.3, 0.4) is 0 Å². The Kier molecular flexibility index (Phi) is 7.28. The Morgan fingerprint density at radius 1 is 1.07 bits per heavy atom. The molecule has 150 valence electrons. The van der Waals surface area contributed by atoms with E-state index in [4.69, 9.17) is 40.5 Å². The van der Waals surface area contributed by atoms with Crippen molar-refractivity contribution in [3.05, 3.63) is 62.6 Å². The first-order valence-corrected chi connectivity index (χ1v) is 11.0. The van der Waals surface area contributed by atoms with Gasteiger partial charge in [-0.25, -0.2) is 0 Å². The van der Waals surface area contributed by atoms with E-state index in [-0.39, 0.29) is 37.6 Å². The lowest BCUT2D eigenvalue weighted by Gasteiger charge is -2.38. The summed E-state index contributed by atoms with van der Waals surface area (Å²) in [6.45, 7) is 3.50. The Balaban J connectivity index is 2.72. The number of hydrogen-bond donors (Lipinski definition) is 1. The van der Waals surface area contributed by atoms with Gasteiger partial charge in [-0.3, -0.25) is 14.5 Å². The van der Waals surface area contributed by atoms with E-state index in [1.807, 2.05) is 0 Å². The van der Waals surface area contributed by atoms with Gasteiger partial charge in [0.1, 0.15) is 5.75 Å². The number of nitrogens with two attached hydrogens (primary N) is 1. The van der Waals surface area contributed by atoms with Crippen LogP contribution < -0.4 is 10.6 Å². The zero-order valence-corrected chi connectivity index (χ0v) is 18.5. The molecule has 0 aliphatic heterocycles. The topological polar surface area (TPSA) is 86.5 Å².